The van der Waals surface area contributed by atoms with Crippen molar-refractivity contribution in [1.82, 2.24) is 14.9 Å². The van der Waals surface area contributed by atoms with Gasteiger partial charge < -0.3 is 4.90 Å². The number of aromatic nitrogens is 2. The van der Waals surface area contributed by atoms with Gasteiger partial charge in [-0.1, -0.05) is 12.1 Å². The third-order valence-electron chi connectivity index (χ3n) is 3.16. The number of nitrogens with zero attached hydrogens (tertiary/aromatic N) is 3. The molecule has 2 heterocycles. The number of rotatable bonds is 1. The minimum Gasteiger partial charge on any atom is -0.337 e. The van der Waals surface area contributed by atoms with Crippen LogP contribution < -0.4 is 0 Å². The number of likely N-dealkylation sites (tertiary alicyclic amines) is 1. The largest absolute Gasteiger partial charge is 0.337 e. The fourth-order valence-electron chi connectivity index (χ4n) is 2.18. The molecule has 3 rings (SSSR count). The molecule has 1 aliphatic heterocycles. The number of hydrogen-bond donors (Lipinski definition) is 0. The van der Waals surface area contributed by atoms with E-state index >= 15 is 0 Å². The Morgan fingerprint density at radius 1 is 1.11 bits per heavy atom. The maximum absolute atomic E-state index is 12.3. The highest BCUT2D eigenvalue weighted by Gasteiger charge is 2.19. The van der Waals surface area contributed by atoms with Crippen LogP contribution in [0, 0.1) is 6.42 Å². The van der Waals surface area contributed by atoms with Gasteiger partial charge >= 0.3 is 0 Å². The number of amides is 1. The molecule has 1 radical (unpaired) electrons. The molecule has 1 saturated heterocycles. The van der Waals surface area contributed by atoms with Gasteiger partial charge in [0.25, 0.3) is 5.91 Å². The smallest absolute Gasteiger partial charge is 0.274 e. The molecule has 0 saturated carbocycles. The van der Waals surface area contributed by atoms with E-state index in [0.717, 1.165) is 37.0 Å². The van der Waals surface area contributed by atoms with E-state index in [9.17, 15) is 4.79 Å². The Balaban J connectivity index is 1.91. The first kappa shape index (κ1) is 11.1. The molecule has 18 heavy (non-hydrogen) atoms. The minimum atomic E-state index is -0.0126. The van der Waals surface area contributed by atoms with E-state index in [1.54, 1.807) is 6.20 Å². The number of carbonyl (C=O) groups is 1. The van der Waals surface area contributed by atoms with Crippen LogP contribution in [0.5, 0.6) is 0 Å². The van der Waals surface area contributed by atoms with Gasteiger partial charge in [0.2, 0.25) is 0 Å². The molecule has 0 unspecified atom stereocenters. The predicted molar refractivity (Wildman–Crippen MR) is 69.0 cm³/mol. The molecule has 0 atom stereocenters. The van der Waals surface area contributed by atoms with Crippen molar-refractivity contribution in [3.05, 3.63) is 42.6 Å². The first-order chi connectivity index (χ1) is 8.84. The Morgan fingerprint density at radius 3 is 2.61 bits per heavy atom. The third kappa shape index (κ3) is 2.06. The molecule has 1 aromatic carbocycles. The zero-order valence-electron chi connectivity index (χ0n) is 10.0. The van der Waals surface area contributed by atoms with Crippen LogP contribution in [0.1, 0.15) is 23.3 Å². The number of carbonyl (C=O) groups excluding carboxylic acids is 1. The van der Waals surface area contributed by atoms with E-state index in [0.29, 0.717) is 5.69 Å². The maximum atomic E-state index is 12.3. The minimum absolute atomic E-state index is 0.0126. The van der Waals surface area contributed by atoms with E-state index in [4.69, 9.17) is 0 Å². The highest BCUT2D eigenvalue weighted by Crippen LogP contribution is 2.13. The zero-order chi connectivity index (χ0) is 12.4. The molecule has 0 spiro atoms. The molecular formula is C14H14N3O. The number of piperidine rings is 1. The first-order valence-electron chi connectivity index (χ1n) is 6.17. The molecule has 2 aromatic rings. The molecule has 1 aromatic heterocycles. The summed E-state index contributed by atoms with van der Waals surface area (Å²) in [6, 6.07) is 7.59. The molecule has 0 N–H and O–H groups in total. The van der Waals surface area contributed by atoms with E-state index < -0.39 is 0 Å². The van der Waals surface area contributed by atoms with E-state index in [2.05, 4.69) is 16.4 Å². The van der Waals surface area contributed by atoms with Gasteiger partial charge in [0, 0.05) is 13.1 Å². The highest BCUT2D eigenvalue weighted by atomic mass is 16.2. The van der Waals surface area contributed by atoms with Crippen LogP contribution >= 0.6 is 0 Å². The van der Waals surface area contributed by atoms with E-state index in [1.165, 1.54) is 0 Å². The average molecular weight is 240 g/mol. The SMILES string of the molecule is O=C(c1cnc2ccccc2n1)N1CC[CH]CC1. The van der Waals surface area contributed by atoms with Gasteiger partial charge in [0.15, 0.2) is 0 Å². The van der Waals surface area contributed by atoms with Gasteiger partial charge in [0.1, 0.15) is 5.69 Å². The lowest BCUT2D eigenvalue weighted by molar-refractivity contribution is 0.0736. The molecule has 4 nitrogen and oxygen atoms in total. The molecular weight excluding hydrogens is 226 g/mol. The maximum Gasteiger partial charge on any atom is 0.274 e. The van der Waals surface area contributed by atoms with Crippen LogP contribution in [0.2, 0.25) is 0 Å². The standard InChI is InChI=1S/C14H14N3O/c18-14(17-8-4-1-5-9-17)13-10-15-11-6-2-3-7-12(11)16-13/h1-3,6-7,10H,4-5,8-9H2. The fraction of sp³-hybridized carbons (Fsp3) is 0.286. The molecule has 1 amide bonds. The predicted octanol–water partition coefficient (Wildman–Crippen LogP) is 2.07. The highest BCUT2D eigenvalue weighted by molar-refractivity contribution is 5.93. The summed E-state index contributed by atoms with van der Waals surface area (Å²) in [5, 5.41) is 0. The van der Waals surface area contributed by atoms with Crippen molar-refractivity contribution in [2.24, 2.45) is 0 Å². The lowest BCUT2D eigenvalue weighted by Crippen LogP contribution is -2.36. The molecule has 1 aliphatic rings. The number of benzene rings is 1. The Kier molecular flexibility index (Phi) is 2.92. The van der Waals surface area contributed by atoms with Gasteiger partial charge in [-0.3, -0.25) is 9.78 Å². The molecule has 4 heteroatoms. The van der Waals surface area contributed by atoms with Crippen LogP contribution in [0.4, 0.5) is 0 Å². The average Bonchev–Trinajstić information content (AvgIpc) is 2.47. The van der Waals surface area contributed by atoms with Crippen molar-refractivity contribution in [3.63, 3.8) is 0 Å². The van der Waals surface area contributed by atoms with Crippen molar-refractivity contribution in [3.8, 4) is 0 Å². The molecule has 0 bridgehead atoms. The summed E-state index contributed by atoms with van der Waals surface area (Å²) in [6.07, 6.45) is 5.72. The van der Waals surface area contributed by atoms with Crippen molar-refractivity contribution in [2.75, 3.05) is 13.1 Å². The quantitative estimate of drug-likeness (QED) is 0.766. The lowest BCUT2D eigenvalue weighted by Gasteiger charge is -2.26. The second-order valence-corrected chi connectivity index (χ2v) is 4.40. The fourth-order valence-corrected chi connectivity index (χ4v) is 2.18. The van der Waals surface area contributed by atoms with Crippen LogP contribution in [0.25, 0.3) is 11.0 Å². The van der Waals surface area contributed by atoms with Gasteiger partial charge in [-0.2, -0.15) is 0 Å². The second kappa shape index (κ2) is 4.72. The van der Waals surface area contributed by atoms with Crippen molar-refractivity contribution < 1.29 is 4.79 Å². The number of fused-ring (bicyclic) bond motifs is 1. The van der Waals surface area contributed by atoms with Crippen LogP contribution in [-0.2, 0) is 0 Å². The summed E-state index contributed by atoms with van der Waals surface area (Å²) < 4.78 is 0. The molecule has 1 fully saturated rings. The van der Waals surface area contributed by atoms with E-state index in [1.807, 2.05) is 29.2 Å². The van der Waals surface area contributed by atoms with Gasteiger partial charge in [0.05, 0.1) is 17.2 Å². The molecule has 0 aliphatic carbocycles. The summed E-state index contributed by atoms with van der Waals surface area (Å²) in [4.78, 5) is 22.8. The Bertz CT molecular complexity index is 576. The van der Waals surface area contributed by atoms with Gasteiger partial charge in [-0.15, -0.1) is 0 Å². The van der Waals surface area contributed by atoms with Crippen LogP contribution in [0.15, 0.2) is 30.5 Å². The van der Waals surface area contributed by atoms with Gasteiger partial charge in [-0.25, -0.2) is 4.98 Å². The summed E-state index contributed by atoms with van der Waals surface area (Å²) in [7, 11) is 0. The second-order valence-electron chi connectivity index (χ2n) is 4.40. The van der Waals surface area contributed by atoms with Gasteiger partial charge in [-0.05, 0) is 31.4 Å². The number of para-hydroxylation sites is 2. The summed E-state index contributed by atoms with van der Waals surface area (Å²) in [5.41, 5.74) is 2.03. The number of hydrogen-bond acceptors (Lipinski definition) is 3. The van der Waals surface area contributed by atoms with Crippen molar-refractivity contribution >= 4 is 16.9 Å². The summed E-state index contributed by atoms with van der Waals surface area (Å²) >= 11 is 0. The van der Waals surface area contributed by atoms with Crippen LogP contribution in [-0.4, -0.2) is 33.9 Å². The third-order valence-corrected chi connectivity index (χ3v) is 3.16. The lowest BCUT2D eigenvalue weighted by atomic mass is 10.1. The first-order valence-corrected chi connectivity index (χ1v) is 6.17. The monoisotopic (exact) mass is 240 g/mol. The summed E-state index contributed by atoms with van der Waals surface area (Å²) in [5.74, 6) is -0.0126. The topological polar surface area (TPSA) is 46.1 Å². The van der Waals surface area contributed by atoms with E-state index in [-0.39, 0.29) is 5.91 Å². The Morgan fingerprint density at radius 2 is 1.83 bits per heavy atom. The van der Waals surface area contributed by atoms with Crippen molar-refractivity contribution in [2.45, 2.75) is 12.8 Å². The molecule has 91 valence electrons. The van der Waals surface area contributed by atoms with Crippen LogP contribution in [0.3, 0.4) is 0 Å². The normalized spacial score (nSPS) is 15.9. The summed E-state index contributed by atoms with van der Waals surface area (Å²) in [6.45, 7) is 1.57. The van der Waals surface area contributed by atoms with Crippen molar-refractivity contribution in [1.29, 1.82) is 0 Å². The Labute approximate surface area is 106 Å². The Hall–Kier alpha value is -1.97. The zero-order valence-corrected chi connectivity index (χ0v) is 10.0.